The molecule has 2 fully saturated rings. The van der Waals surface area contributed by atoms with Crippen LogP contribution >= 0.6 is 0 Å². The lowest BCUT2D eigenvalue weighted by molar-refractivity contribution is -0.138. The minimum absolute atomic E-state index is 0.000613. The average molecular weight is 597 g/mol. The molecule has 0 bridgehead atoms. The number of hydrogen-bond acceptors (Lipinski definition) is 8. The van der Waals surface area contributed by atoms with Gasteiger partial charge in [0.1, 0.15) is 23.8 Å². The number of benzene rings is 2. The Morgan fingerprint density at radius 3 is 2.60 bits per heavy atom. The number of imidazole rings is 1. The van der Waals surface area contributed by atoms with Gasteiger partial charge < -0.3 is 20.4 Å². The van der Waals surface area contributed by atoms with Crippen molar-refractivity contribution in [3.8, 4) is 0 Å². The topological polar surface area (TPSA) is 111 Å². The Kier molecular flexibility index (Phi) is 7.95. The van der Waals surface area contributed by atoms with E-state index in [1.165, 1.54) is 41.7 Å². The quantitative estimate of drug-likeness (QED) is 0.218. The minimum atomic E-state index is -4.66. The Labute approximate surface area is 244 Å². The molecule has 1 saturated carbocycles. The second-order valence-electron chi connectivity index (χ2n) is 10.3. The van der Waals surface area contributed by atoms with Crippen molar-refractivity contribution in [1.29, 1.82) is 0 Å². The number of morpholine rings is 1. The van der Waals surface area contributed by atoms with Gasteiger partial charge in [0.05, 0.1) is 24.5 Å². The van der Waals surface area contributed by atoms with Crippen LogP contribution in [0.15, 0.2) is 61.2 Å². The molecule has 2 aliphatic rings. The first-order chi connectivity index (χ1) is 20.7. The molecule has 6 rings (SSSR count). The number of H-pyrrole nitrogens is 1. The summed E-state index contributed by atoms with van der Waals surface area (Å²) < 4.78 is 62.6. The van der Waals surface area contributed by atoms with E-state index in [1.807, 2.05) is 4.90 Å². The van der Waals surface area contributed by atoms with Gasteiger partial charge in [-0.05, 0) is 48.7 Å². The summed E-state index contributed by atoms with van der Waals surface area (Å²) in [7, 11) is 0. The van der Waals surface area contributed by atoms with Crippen molar-refractivity contribution < 1.29 is 27.1 Å². The molecule has 0 spiro atoms. The molecule has 1 amide bonds. The fourth-order valence-corrected chi connectivity index (χ4v) is 4.79. The third kappa shape index (κ3) is 6.75. The molecule has 3 N–H and O–H groups in total. The van der Waals surface area contributed by atoms with E-state index in [9.17, 15) is 18.0 Å². The molecule has 1 aliphatic carbocycles. The normalized spacial score (nSPS) is 15.7. The first-order valence-electron chi connectivity index (χ1n) is 13.7. The van der Waals surface area contributed by atoms with Gasteiger partial charge in [-0.15, -0.1) is 0 Å². The SMILES string of the molecule is O=C(Nc1ccc(F)c(N(c2cc(NC3CC3)ncn2)c2ncc[nH]2)c1)c1ccc(CN2CCOCC2)c(C(F)(F)F)c1. The van der Waals surface area contributed by atoms with E-state index < -0.39 is 23.5 Å². The highest BCUT2D eigenvalue weighted by atomic mass is 19.4. The maximum Gasteiger partial charge on any atom is 0.416 e. The van der Waals surface area contributed by atoms with Crippen LogP contribution in [0.3, 0.4) is 0 Å². The molecule has 3 heterocycles. The number of aromatic nitrogens is 4. The monoisotopic (exact) mass is 596 g/mol. The third-order valence-corrected chi connectivity index (χ3v) is 7.13. The number of nitrogens with one attached hydrogen (secondary N) is 3. The fourth-order valence-electron chi connectivity index (χ4n) is 4.79. The zero-order valence-corrected chi connectivity index (χ0v) is 22.9. The van der Waals surface area contributed by atoms with Crippen molar-refractivity contribution in [3.63, 3.8) is 0 Å². The van der Waals surface area contributed by atoms with Crippen LogP contribution in [0.25, 0.3) is 0 Å². The van der Waals surface area contributed by atoms with Crippen molar-refractivity contribution in [3.05, 3.63) is 83.7 Å². The zero-order valence-electron chi connectivity index (χ0n) is 22.9. The molecule has 1 aliphatic heterocycles. The van der Waals surface area contributed by atoms with Crippen LogP contribution in [0.5, 0.6) is 0 Å². The maximum atomic E-state index is 15.3. The Morgan fingerprint density at radius 2 is 1.88 bits per heavy atom. The van der Waals surface area contributed by atoms with E-state index in [0.29, 0.717) is 44.0 Å². The molecule has 1 saturated heterocycles. The van der Waals surface area contributed by atoms with Crippen molar-refractivity contribution in [2.24, 2.45) is 0 Å². The largest absolute Gasteiger partial charge is 0.416 e. The zero-order chi connectivity index (χ0) is 30.0. The predicted molar refractivity (Wildman–Crippen MR) is 151 cm³/mol. The van der Waals surface area contributed by atoms with Gasteiger partial charge in [-0.3, -0.25) is 14.6 Å². The van der Waals surface area contributed by atoms with Gasteiger partial charge in [0.25, 0.3) is 5.91 Å². The molecular formula is C29H28F4N8O2. The van der Waals surface area contributed by atoms with Gasteiger partial charge >= 0.3 is 6.18 Å². The Balaban J connectivity index is 1.27. The number of aromatic amines is 1. The summed E-state index contributed by atoms with van der Waals surface area (Å²) in [6, 6.07) is 9.35. The highest BCUT2D eigenvalue weighted by molar-refractivity contribution is 6.04. The standard InChI is InChI=1S/C29H28F4N8O2/c30-23-6-5-21(14-24(23)41(28-34-7-8-35-28)26-15-25(36-17-37-26)38-20-3-4-20)39-27(42)18-1-2-19(22(13-18)29(31,32)33)16-40-9-11-43-12-10-40/h1-2,5-8,13-15,17,20H,3-4,9-12,16H2,(H,34,35)(H,39,42)(H,36,37,38). The predicted octanol–water partition coefficient (Wildman–Crippen LogP) is 5.49. The van der Waals surface area contributed by atoms with Crippen molar-refractivity contribution in [2.75, 3.05) is 41.8 Å². The molecule has 0 unspecified atom stereocenters. The van der Waals surface area contributed by atoms with E-state index >= 15 is 4.39 Å². The van der Waals surface area contributed by atoms with E-state index in [1.54, 1.807) is 12.3 Å². The van der Waals surface area contributed by atoms with Crippen LogP contribution in [-0.4, -0.2) is 63.1 Å². The summed E-state index contributed by atoms with van der Waals surface area (Å²) in [6.45, 7) is 2.04. The summed E-state index contributed by atoms with van der Waals surface area (Å²) in [5, 5.41) is 5.87. The van der Waals surface area contributed by atoms with Gasteiger partial charge in [0.15, 0.2) is 0 Å². The first-order valence-corrected chi connectivity index (χ1v) is 13.7. The molecular weight excluding hydrogens is 568 g/mol. The third-order valence-electron chi connectivity index (χ3n) is 7.13. The lowest BCUT2D eigenvalue weighted by Gasteiger charge is -2.27. The number of halogens is 4. The van der Waals surface area contributed by atoms with E-state index in [4.69, 9.17) is 4.74 Å². The smallest absolute Gasteiger partial charge is 0.379 e. The van der Waals surface area contributed by atoms with Crippen LogP contribution in [0.4, 0.5) is 46.5 Å². The average Bonchev–Trinajstić information content (AvgIpc) is 3.64. The second-order valence-corrected chi connectivity index (χ2v) is 10.3. The number of carbonyl (C=O) groups is 1. The summed E-state index contributed by atoms with van der Waals surface area (Å²) in [6.07, 6.45) is 1.81. The van der Waals surface area contributed by atoms with Gasteiger partial charge in [-0.1, -0.05) is 6.07 Å². The highest BCUT2D eigenvalue weighted by Gasteiger charge is 2.34. The molecule has 14 heteroatoms. The number of anilines is 5. The van der Waals surface area contributed by atoms with Crippen LogP contribution in [0.2, 0.25) is 0 Å². The molecule has 2 aromatic carbocycles. The number of nitrogens with zero attached hydrogens (tertiary/aromatic N) is 5. The van der Waals surface area contributed by atoms with Gasteiger partial charge in [0, 0.05) is 55.4 Å². The highest BCUT2D eigenvalue weighted by Crippen LogP contribution is 2.37. The fraction of sp³-hybridized carbons (Fsp3) is 0.310. The summed E-state index contributed by atoms with van der Waals surface area (Å²) in [4.78, 5) is 32.2. The molecule has 4 aromatic rings. The van der Waals surface area contributed by atoms with Crippen molar-refractivity contribution >= 4 is 34.9 Å². The maximum absolute atomic E-state index is 15.3. The van der Waals surface area contributed by atoms with Crippen LogP contribution < -0.4 is 15.5 Å². The summed E-state index contributed by atoms with van der Waals surface area (Å²) in [5.74, 6) is -0.295. The molecule has 10 nitrogen and oxygen atoms in total. The van der Waals surface area contributed by atoms with Gasteiger partial charge in [0.2, 0.25) is 5.95 Å². The van der Waals surface area contributed by atoms with Gasteiger partial charge in [-0.2, -0.15) is 13.2 Å². The number of hydrogen-bond donors (Lipinski definition) is 3. The Bertz CT molecular complexity index is 1590. The summed E-state index contributed by atoms with van der Waals surface area (Å²) >= 11 is 0. The molecule has 2 aromatic heterocycles. The Hall–Kier alpha value is -4.56. The van der Waals surface area contributed by atoms with Crippen molar-refractivity contribution in [2.45, 2.75) is 31.6 Å². The number of ether oxygens (including phenoxy) is 1. The molecule has 224 valence electrons. The minimum Gasteiger partial charge on any atom is -0.379 e. The van der Waals surface area contributed by atoms with Crippen molar-refractivity contribution in [1.82, 2.24) is 24.8 Å². The number of amides is 1. The molecule has 0 atom stereocenters. The molecule has 0 radical (unpaired) electrons. The van der Waals surface area contributed by atoms with Crippen LogP contribution in [0, 0.1) is 5.82 Å². The van der Waals surface area contributed by atoms with E-state index in [0.717, 1.165) is 25.0 Å². The van der Waals surface area contributed by atoms with E-state index in [2.05, 4.69) is 30.6 Å². The van der Waals surface area contributed by atoms with E-state index in [-0.39, 0.29) is 35.0 Å². The number of rotatable bonds is 9. The summed E-state index contributed by atoms with van der Waals surface area (Å²) in [5.41, 5.74) is -0.826. The van der Waals surface area contributed by atoms with Crippen LogP contribution in [0.1, 0.15) is 34.3 Å². The second kappa shape index (κ2) is 12.0. The van der Waals surface area contributed by atoms with Gasteiger partial charge in [-0.25, -0.2) is 19.3 Å². The first kappa shape index (κ1) is 28.6. The lowest BCUT2D eigenvalue weighted by atomic mass is 10.0. The Morgan fingerprint density at radius 1 is 1.07 bits per heavy atom. The lowest BCUT2D eigenvalue weighted by Crippen LogP contribution is -2.36. The van der Waals surface area contributed by atoms with Crippen LogP contribution in [-0.2, 0) is 17.5 Å². The number of alkyl halides is 3. The number of carbonyl (C=O) groups excluding carboxylic acids is 1. The molecule has 43 heavy (non-hydrogen) atoms.